The molecule has 1 fully saturated rings. The van der Waals surface area contributed by atoms with Crippen LogP contribution in [-0.2, 0) is 17.6 Å². The van der Waals surface area contributed by atoms with Crippen molar-refractivity contribution >= 4 is 21.8 Å². The zero-order valence-electron chi connectivity index (χ0n) is 9.08. The largest absolute Gasteiger partial charge is 0.339 e. The molecule has 1 aliphatic heterocycles. The quantitative estimate of drug-likeness (QED) is 0.774. The highest BCUT2D eigenvalue weighted by atomic mass is 79.9. The number of carbonyl (C=O) groups is 1. The second-order valence-corrected chi connectivity index (χ2v) is 5.58. The lowest BCUT2D eigenvalue weighted by Gasteiger charge is -2.23. The zero-order valence-corrected chi connectivity index (χ0v) is 10.7. The van der Waals surface area contributed by atoms with E-state index in [4.69, 9.17) is 0 Å². The second-order valence-electron chi connectivity index (χ2n) is 4.67. The highest BCUT2D eigenvalue weighted by molar-refractivity contribution is 9.10. The molecular formula is C13H14BrNO. The van der Waals surface area contributed by atoms with Crippen molar-refractivity contribution in [1.29, 1.82) is 0 Å². The summed E-state index contributed by atoms with van der Waals surface area (Å²) in [6.45, 7) is 0.957. The molecule has 1 aliphatic carbocycles. The second kappa shape index (κ2) is 3.88. The molecule has 1 heterocycles. The molecule has 2 nitrogen and oxygen atoms in total. The van der Waals surface area contributed by atoms with E-state index in [0.717, 1.165) is 36.7 Å². The number of rotatable bonds is 1. The van der Waals surface area contributed by atoms with E-state index < -0.39 is 0 Å². The number of hydrogen-bond donors (Lipinski definition) is 0. The highest BCUT2D eigenvalue weighted by Gasteiger charge is 2.32. The predicted octanol–water partition coefficient (Wildman–Crippen LogP) is 2.54. The molecule has 0 aromatic heterocycles. The predicted molar refractivity (Wildman–Crippen MR) is 66.3 cm³/mol. The van der Waals surface area contributed by atoms with Gasteiger partial charge in [0.05, 0.1) is 0 Å². The Morgan fingerprint density at radius 2 is 2.06 bits per heavy atom. The summed E-state index contributed by atoms with van der Waals surface area (Å²) in [4.78, 5) is 13.8. The molecule has 2 aliphatic rings. The molecule has 0 saturated carbocycles. The van der Waals surface area contributed by atoms with E-state index in [-0.39, 0.29) is 0 Å². The lowest BCUT2D eigenvalue weighted by Crippen LogP contribution is -2.36. The summed E-state index contributed by atoms with van der Waals surface area (Å²) in [6.07, 6.45) is 3.85. The van der Waals surface area contributed by atoms with Crippen molar-refractivity contribution < 1.29 is 4.79 Å². The van der Waals surface area contributed by atoms with Gasteiger partial charge in [-0.2, -0.15) is 0 Å². The van der Waals surface area contributed by atoms with Crippen molar-refractivity contribution in [2.75, 3.05) is 6.54 Å². The molecule has 1 aromatic carbocycles. The summed E-state index contributed by atoms with van der Waals surface area (Å²) in [7, 11) is 0. The summed E-state index contributed by atoms with van der Waals surface area (Å²) < 4.78 is 1.14. The third kappa shape index (κ3) is 1.67. The van der Waals surface area contributed by atoms with Gasteiger partial charge in [-0.3, -0.25) is 4.79 Å². The first-order valence-corrected chi connectivity index (χ1v) is 6.60. The smallest absolute Gasteiger partial charge is 0.222 e. The van der Waals surface area contributed by atoms with Gasteiger partial charge in [0.25, 0.3) is 0 Å². The number of halogens is 1. The van der Waals surface area contributed by atoms with Gasteiger partial charge in [-0.05, 0) is 42.5 Å². The van der Waals surface area contributed by atoms with Crippen LogP contribution in [0.25, 0.3) is 0 Å². The van der Waals surface area contributed by atoms with E-state index in [0.29, 0.717) is 11.9 Å². The summed E-state index contributed by atoms with van der Waals surface area (Å²) in [5.74, 6) is 0.344. The van der Waals surface area contributed by atoms with Crippen LogP contribution in [0.4, 0.5) is 0 Å². The van der Waals surface area contributed by atoms with Crippen LogP contribution in [0, 0.1) is 0 Å². The standard InChI is InChI=1S/C13H14BrNO/c14-11-4-3-9-7-12(8-10(9)6-11)15-5-1-2-13(15)16/h3-4,6,12H,1-2,5,7-8H2. The SMILES string of the molecule is O=C1CCCN1C1Cc2ccc(Br)cc2C1. The van der Waals surface area contributed by atoms with Crippen molar-refractivity contribution in [1.82, 2.24) is 4.90 Å². The minimum absolute atomic E-state index is 0.344. The van der Waals surface area contributed by atoms with Crippen LogP contribution >= 0.6 is 15.9 Å². The van der Waals surface area contributed by atoms with Crippen molar-refractivity contribution in [2.24, 2.45) is 0 Å². The minimum Gasteiger partial charge on any atom is -0.339 e. The van der Waals surface area contributed by atoms with Gasteiger partial charge in [0.2, 0.25) is 5.91 Å². The van der Waals surface area contributed by atoms with Gasteiger partial charge in [0, 0.05) is 23.5 Å². The molecule has 1 unspecified atom stereocenters. The Morgan fingerprint density at radius 1 is 1.25 bits per heavy atom. The Bertz CT molecular complexity index is 444. The van der Waals surface area contributed by atoms with Gasteiger partial charge in [-0.1, -0.05) is 22.0 Å². The lowest BCUT2D eigenvalue weighted by atomic mass is 10.1. The molecule has 0 N–H and O–H groups in total. The Kier molecular flexibility index (Phi) is 2.51. The van der Waals surface area contributed by atoms with E-state index in [1.807, 2.05) is 0 Å². The molecule has 3 heteroatoms. The molecule has 0 radical (unpaired) electrons. The summed E-state index contributed by atoms with van der Waals surface area (Å²) in [6, 6.07) is 6.88. The van der Waals surface area contributed by atoms with Crippen LogP contribution in [0.1, 0.15) is 24.0 Å². The maximum Gasteiger partial charge on any atom is 0.222 e. The number of likely N-dealkylation sites (tertiary alicyclic amines) is 1. The molecule has 0 bridgehead atoms. The van der Waals surface area contributed by atoms with Gasteiger partial charge in [-0.25, -0.2) is 0 Å². The fraction of sp³-hybridized carbons (Fsp3) is 0.462. The number of fused-ring (bicyclic) bond motifs is 1. The summed E-state index contributed by atoms with van der Waals surface area (Å²) in [5.41, 5.74) is 2.81. The average Bonchev–Trinajstić information content (AvgIpc) is 2.82. The van der Waals surface area contributed by atoms with E-state index in [2.05, 4.69) is 39.0 Å². The maximum absolute atomic E-state index is 11.7. The van der Waals surface area contributed by atoms with Crippen LogP contribution < -0.4 is 0 Å². The third-order valence-corrected chi connectivity index (χ3v) is 4.12. The first-order chi connectivity index (χ1) is 7.74. The van der Waals surface area contributed by atoms with E-state index in [1.165, 1.54) is 11.1 Å². The molecule has 1 atom stereocenters. The first kappa shape index (κ1) is 10.3. The Morgan fingerprint density at radius 3 is 2.81 bits per heavy atom. The minimum atomic E-state index is 0.344. The number of nitrogens with zero attached hydrogens (tertiary/aromatic N) is 1. The number of benzene rings is 1. The average molecular weight is 280 g/mol. The van der Waals surface area contributed by atoms with Gasteiger partial charge < -0.3 is 4.90 Å². The lowest BCUT2D eigenvalue weighted by molar-refractivity contribution is -0.129. The van der Waals surface area contributed by atoms with Crippen molar-refractivity contribution in [2.45, 2.75) is 31.7 Å². The maximum atomic E-state index is 11.7. The van der Waals surface area contributed by atoms with Gasteiger partial charge in [0.1, 0.15) is 0 Å². The van der Waals surface area contributed by atoms with Crippen molar-refractivity contribution in [3.63, 3.8) is 0 Å². The van der Waals surface area contributed by atoms with Crippen LogP contribution in [0.15, 0.2) is 22.7 Å². The Labute approximate surface area is 104 Å². The van der Waals surface area contributed by atoms with Crippen molar-refractivity contribution in [3.05, 3.63) is 33.8 Å². The summed E-state index contributed by atoms with van der Waals surface area (Å²) >= 11 is 3.50. The third-order valence-electron chi connectivity index (χ3n) is 3.63. The normalized spacial score (nSPS) is 23.9. The van der Waals surface area contributed by atoms with E-state index >= 15 is 0 Å². The van der Waals surface area contributed by atoms with Crippen LogP contribution in [0.5, 0.6) is 0 Å². The molecule has 3 rings (SSSR count). The van der Waals surface area contributed by atoms with Gasteiger partial charge >= 0.3 is 0 Å². The zero-order chi connectivity index (χ0) is 11.1. The number of amides is 1. The van der Waals surface area contributed by atoms with Crippen molar-refractivity contribution in [3.8, 4) is 0 Å². The van der Waals surface area contributed by atoms with E-state index in [9.17, 15) is 4.79 Å². The topological polar surface area (TPSA) is 20.3 Å². The van der Waals surface area contributed by atoms with Crippen LogP contribution in [0.3, 0.4) is 0 Å². The molecule has 1 amide bonds. The summed E-state index contributed by atoms with van der Waals surface area (Å²) in [5, 5.41) is 0. The van der Waals surface area contributed by atoms with Crippen LogP contribution in [0.2, 0.25) is 0 Å². The number of carbonyl (C=O) groups excluding carboxylic acids is 1. The molecule has 1 aromatic rings. The fourth-order valence-corrected chi connectivity index (χ4v) is 3.25. The number of hydrogen-bond acceptors (Lipinski definition) is 1. The van der Waals surface area contributed by atoms with Crippen LogP contribution in [-0.4, -0.2) is 23.4 Å². The first-order valence-electron chi connectivity index (χ1n) is 5.81. The van der Waals surface area contributed by atoms with Gasteiger partial charge in [-0.15, -0.1) is 0 Å². The Hall–Kier alpha value is -0.830. The molecule has 16 heavy (non-hydrogen) atoms. The highest BCUT2D eigenvalue weighted by Crippen LogP contribution is 2.30. The molecule has 0 spiro atoms. The molecule has 1 saturated heterocycles. The molecule has 84 valence electrons. The van der Waals surface area contributed by atoms with Gasteiger partial charge in [0.15, 0.2) is 0 Å². The fourth-order valence-electron chi connectivity index (χ4n) is 2.84. The van der Waals surface area contributed by atoms with E-state index in [1.54, 1.807) is 0 Å². The monoisotopic (exact) mass is 279 g/mol. The molecular weight excluding hydrogens is 266 g/mol. The Balaban J connectivity index is 1.82.